The van der Waals surface area contributed by atoms with Gasteiger partial charge in [-0.25, -0.2) is 9.59 Å². The van der Waals surface area contributed by atoms with Crippen LogP contribution in [-0.2, 0) is 9.53 Å². The maximum atomic E-state index is 12.9. The molecule has 0 saturated heterocycles. The van der Waals surface area contributed by atoms with Crippen LogP contribution in [0.1, 0.15) is 29.9 Å². The van der Waals surface area contributed by atoms with E-state index in [2.05, 4.69) is 0 Å². The Labute approximate surface area is 169 Å². The lowest BCUT2D eigenvalue weighted by atomic mass is 9.64. The topological polar surface area (TPSA) is 95.9 Å². The molecule has 158 valence electrons. The van der Waals surface area contributed by atoms with Gasteiger partial charge >= 0.3 is 18.2 Å². The Bertz CT molecular complexity index is 968. The van der Waals surface area contributed by atoms with E-state index in [9.17, 15) is 33.0 Å². The summed E-state index contributed by atoms with van der Waals surface area (Å²) in [6, 6.07) is 15.2. The number of ether oxygens (including phenoxy) is 1. The SMILES string of the molecule is O=C(NC1(C(=O)O)CC(O)(C(F)(F)F)C1)OCC1c2ccccc2-c2ccccc21. The van der Waals surface area contributed by atoms with Crippen molar-refractivity contribution >= 4 is 12.1 Å². The van der Waals surface area contributed by atoms with Gasteiger partial charge in [-0.3, -0.25) is 0 Å². The first-order chi connectivity index (χ1) is 14.1. The number of hydrogen-bond acceptors (Lipinski definition) is 4. The summed E-state index contributed by atoms with van der Waals surface area (Å²) in [4.78, 5) is 23.7. The molecule has 30 heavy (non-hydrogen) atoms. The van der Waals surface area contributed by atoms with Crippen molar-refractivity contribution in [1.82, 2.24) is 5.32 Å². The third-order valence-corrected chi connectivity index (χ3v) is 5.81. The quantitative estimate of drug-likeness (QED) is 0.703. The number of nitrogens with one attached hydrogen (secondary N) is 1. The van der Waals surface area contributed by atoms with E-state index in [4.69, 9.17) is 4.74 Å². The van der Waals surface area contributed by atoms with Crippen LogP contribution in [-0.4, -0.2) is 46.2 Å². The number of fused-ring (bicyclic) bond motifs is 3. The Hall–Kier alpha value is -3.07. The molecule has 1 saturated carbocycles. The summed E-state index contributed by atoms with van der Waals surface area (Å²) >= 11 is 0. The largest absolute Gasteiger partial charge is 0.479 e. The molecule has 4 rings (SSSR count). The van der Waals surface area contributed by atoms with Crippen LogP contribution in [0.3, 0.4) is 0 Å². The molecule has 2 aromatic carbocycles. The van der Waals surface area contributed by atoms with Gasteiger partial charge in [0.1, 0.15) is 12.1 Å². The van der Waals surface area contributed by atoms with Crippen molar-refractivity contribution in [2.75, 3.05) is 6.61 Å². The third-order valence-electron chi connectivity index (χ3n) is 5.81. The minimum atomic E-state index is -4.99. The van der Waals surface area contributed by atoms with Gasteiger partial charge in [0.15, 0.2) is 5.60 Å². The van der Waals surface area contributed by atoms with Gasteiger partial charge in [-0.15, -0.1) is 0 Å². The molecule has 3 N–H and O–H groups in total. The maximum absolute atomic E-state index is 12.9. The number of aliphatic carboxylic acids is 1. The van der Waals surface area contributed by atoms with E-state index in [-0.39, 0.29) is 12.5 Å². The summed E-state index contributed by atoms with van der Waals surface area (Å²) in [6.07, 6.45) is -8.50. The third kappa shape index (κ3) is 3.09. The second-order valence-corrected chi connectivity index (χ2v) is 7.72. The Morgan fingerprint density at radius 1 is 1.03 bits per heavy atom. The molecule has 0 bridgehead atoms. The predicted molar refractivity (Wildman–Crippen MR) is 98.8 cm³/mol. The van der Waals surface area contributed by atoms with E-state index in [1.807, 2.05) is 53.8 Å². The first-order valence-electron chi connectivity index (χ1n) is 9.22. The minimum absolute atomic E-state index is 0.112. The number of alkyl halides is 3. The van der Waals surface area contributed by atoms with Gasteiger partial charge in [0.2, 0.25) is 0 Å². The zero-order valence-electron chi connectivity index (χ0n) is 15.6. The van der Waals surface area contributed by atoms with Crippen LogP contribution < -0.4 is 5.32 Å². The molecule has 2 aromatic rings. The zero-order chi connectivity index (χ0) is 21.7. The summed E-state index contributed by atoms with van der Waals surface area (Å²) in [6.45, 7) is -0.112. The van der Waals surface area contributed by atoms with E-state index in [1.165, 1.54) is 0 Å². The standard InChI is InChI=1S/C21H18F3NO5/c22-21(23,24)20(29)10-19(11-20,17(26)27)25-18(28)30-9-16-14-7-3-1-5-12(14)13-6-2-4-8-15(13)16/h1-8,16,29H,9-11H2,(H,25,28)(H,26,27). The molecule has 0 radical (unpaired) electrons. The van der Waals surface area contributed by atoms with Crippen LogP contribution in [0.25, 0.3) is 11.1 Å². The molecule has 1 fully saturated rings. The molecule has 1 amide bonds. The summed E-state index contributed by atoms with van der Waals surface area (Å²) in [5, 5.41) is 20.9. The first kappa shape index (κ1) is 20.2. The number of rotatable bonds is 4. The van der Waals surface area contributed by atoms with Crippen molar-refractivity contribution in [1.29, 1.82) is 0 Å². The molecule has 0 atom stereocenters. The fourth-order valence-corrected chi connectivity index (χ4v) is 4.27. The number of aliphatic hydroxyl groups is 1. The van der Waals surface area contributed by atoms with Crippen molar-refractivity contribution in [2.45, 2.75) is 36.1 Å². The van der Waals surface area contributed by atoms with Crippen LogP contribution in [0.5, 0.6) is 0 Å². The van der Waals surface area contributed by atoms with Gasteiger partial charge in [-0.2, -0.15) is 13.2 Å². The smallest absolute Gasteiger partial charge is 0.417 e. The van der Waals surface area contributed by atoms with Crippen LogP contribution >= 0.6 is 0 Å². The molecule has 0 unspecified atom stereocenters. The number of halogens is 3. The lowest BCUT2D eigenvalue weighted by molar-refractivity contribution is -0.303. The molecular formula is C21H18F3NO5. The normalized spacial score (nSPS) is 25.1. The number of hydrogen-bond donors (Lipinski definition) is 3. The van der Waals surface area contributed by atoms with Crippen molar-refractivity contribution in [3.8, 4) is 11.1 Å². The van der Waals surface area contributed by atoms with E-state index >= 15 is 0 Å². The highest BCUT2D eigenvalue weighted by atomic mass is 19.4. The second-order valence-electron chi connectivity index (χ2n) is 7.72. The van der Waals surface area contributed by atoms with Gasteiger partial charge in [0, 0.05) is 18.8 Å². The fraction of sp³-hybridized carbons (Fsp3) is 0.333. The van der Waals surface area contributed by atoms with Crippen molar-refractivity contribution in [3.63, 3.8) is 0 Å². The first-order valence-corrected chi connectivity index (χ1v) is 9.22. The second kappa shape index (κ2) is 6.73. The molecule has 2 aliphatic carbocycles. The number of alkyl carbamates (subject to hydrolysis) is 1. The van der Waals surface area contributed by atoms with E-state index in [0.29, 0.717) is 0 Å². The predicted octanol–water partition coefficient (Wildman–Crippen LogP) is 3.44. The number of amides is 1. The molecule has 0 aliphatic heterocycles. The molecule has 0 spiro atoms. The number of carboxylic acid groups (broad SMARTS) is 1. The Morgan fingerprint density at radius 2 is 1.53 bits per heavy atom. The summed E-state index contributed by atoms with van der Waals surface area (Å²) < 4.78 is 43.8. The summed E-state index contributed by atoms with van der Waals surface area (Å²) in [5.74, 6) is -1.94. The van der Waals surface area contributed by atoms with E-state index < -0.39 is 42.2 Å². The summed E-state index contributed by atoms with van der Waals surface area (Å²) in [7, 11) is 0. The summed E-state index contributed by atoms with van der Waals surface area (Å²) in [5.41, 5.74) is -1.50. The van der Waals surface area contributed by atoms with Crippen LogP contribution in [0.2, 0.25) is 0 Å². The zero-order valence-corrected chi connectivity index (χ0v) is 15.6. The van der Waals surface area contributed by atoms with Crippen LogP contribution in [0.4, 0.5) is 18.0 Å². The number of benzene rings is 2. The van der Waals surface area contributed by atoms with E-state index in [0.717, 1.165) is 22.3 Å². The average molecular weight is 421 g/mol. The van der Waals surface area contributed by atoms with Crippen molar-refractivity contribution in [3.05, 3.63) is 59.7 Å². The van der Waals surface area contributed by atoms with Gasteiger partial charge in [0.25, 0.3) is 0 Å². The highest BCUT2D eigenvalue weighted by Crippen LogP contribution is 2.51. The van der Waals surface area contributed by atoms with Gasteiger partial charge in [-0.05, 0) is 22.3 Å². The molecular weight excluding hydrogens is 403 g/mol. The lowest BCUT2D eigenvalue weighted by Crippen LogP contribution is -2.73. The van der Waals surface area contributed by atoms with Crippen LogP contribution in [0.15, 0.2) is 48.5 Å². The highest BCUT2D eigenvalue weighted by molar-refractivity contribution is 5.86. The fourth-order valence-electron chi connectivity index (χ4n) is 4.27. The van der Waals surface area contributed by atoms with Gasteiger partial charge in [-0.1, -0.05) is 48.5 Å². The van der Waals surface area contributed by atoms with Gasteiger partial charge in [0.05, 0.1) is 0 Å². The molecule has 0 heterocycles. The van der Waals surface area contributed by atoms with Crippen molar-refractivity contribution in [2.24, 2.45) is 0 Å². The Kier molecular flexibility index (Phi) is 4.54. The van der Waals surface area contributed by atoms with Crippen molar-refractivity contribution < 1.29 is 37.7 Å². The Balaban J connectivity index is 1.46. The average Bonchev–Trinajstić information content (AvgIpc) is 2.98. The maximum Gasteiger partial charge on any atom is 0.417 e. The molecule has 9 heteroatoms. The molecule has 6 nitrogen and oxygen atoms in total. The minimum Gasteiger partial charge on any atom is -0.479 e. The highest BCUT2D eigenvalue weighted by Gasteiger charge is 2.70. The number of carbonyl (C=O) groups excluding carboxylic acids is 1. The molecule has 2 aliphatic rings. The van der Waals surface area contributed by atoms with Crippen LogP contribution in [0, 0.1) is 0 Å². The molecule has 0 aromatic heterocycles. The number of carbonyl (C=O) groups is 2. The van der Waals surface area contributed by atoms with E-state index in [1.54, 1.807) is 0 Å². The monoisotopic (exact) mass is 421 g/mol. The number of carboxylic acids is 1. The lowest BCUT2D eigenvalue weighted by Gasteiger charge is -2.50. The van der Waals surface area contributed by atoms with Gasteiger partial charge < -0.3 is 20.3 Å². The Morgan fingerprint density at radius 3 is 2.00 bits per heavy atom.